The van der Waals surface area contributed by atoms with Crippen molar-refractivity contribution in [3.05, 3.63) is 40.6 Å². The molecule has 0 atom stereocenters. The molecule has 1 heterocycles. The average Bonchev–Trinajstić information content (AvgIpc) is 2.42. The molecule has 0 fully saturated rings. The van der Waals surface area contributed by atoms with Crippen LogP contribution in [0.1, 0.15) is 13.3 Å². The Labute approximate surface area is 123 Å². The lowest BCUT2D eigenvalue weighted by atomic mass is 10.3. The number of halogens is 3. The van der Waals surface area contributed by atoms with Crippen molar-refractivity contribution >= 4 is 21.7 Å². The van der Waals surface area contributed by atoms with Crippen LogP contribution in [0.15, 0.2) is 29.0 Å². The Bertz CT molecular complexity index is 610. The summed E-state index contributed by atoms with van der Waals surface area (Å²) in [4.78, 5) is 7.86. The van der Waals surface area contributed by atoms with Gasteiger partial charge < -0.3 is 10.1 Å². The van der Waals surface area contributed by atoms with E-state index < -0.39 is 11.6 Å². The normalized spacial score (nSPS) is 10.4. The Morgan fingerprint density at radius 1 is 1.25 bits per heavy atom. The van der Waals surface area contributed by atoms with Gasteiger partial charge in [-0.05, 0) is 18.6 Å². The topological polar surface area (TPSA) is 47.0 Å². The first-order valence-corrected chi connectivity index (χ1v) is 6.77. The van der Waals surface area contributed by atoms with Crippen molar-refractivity contribution in [1.29, 1.82) is 0 Å². The quantitative estimate of drug-likeness (QED) is 0.829. The smallest absolute Gasteiger partial charge is 0.224 e. The lowest BCUT2D eigenvalue weighted by Crippen LogP contribution is -2.02. The van der Waals surface area contributed by atoms with E-state index in [0.29, 0.717) is 10.3 Å². The Morgan fingerprint density at radius 2 is 2.05 bits per heavy atom. The molecule has 1 aromatic carbocycles. The van der Waals surface area contributed by atoms with E-state index in [0.717, 1.165) is 19.0 Å². The van der Waals surface area contributed by atoms with Crippen molar-refractivity contribution in [2.24, 2.45) is 0 Å². The predicted molar refractivity (Wildman–Crippen MR) is 74.9 cm³/mol. The Hall–Kier alpha value is -1.76. The summed E-state index contributed by atoms with van der Waals surface area (Å²) in [6.45, 7) is 2.77. The Balaban J connectivity index is 2.21. The maximum atomic E-state index is 13.6. The molecule has 0 bridgehead atoms. The number of hydrogen-bond acceptors (Lipinski definition) is 4. The predicted octanol–water partition coefficient (Wildman–Crippen LogP) is 4.13. The van der Waals surface area contributed by atoms with Gasteiger partial charge in [0.1, 0.15) is 12.1 Å². The van der Waals surface area contributed by atoms with Gasteiger partial charge in [-0.1, -0.05) is 22.9 Å². The highest BCUT2D eigenvalue weighted by Crippen LogP contribution is 2.29. The van der Waals surface area contributed by atoms with Crippen LogP contribution in [0.3, 0.4) is 0 Å². The molecule has 4 nitrogen and oxygen atoms in total. The molecule has 0 aliphatic rings. The summed E-state index contributed by atoms with van der Waals surface area (Å²) in [5, 5.41) is 3.05. The minimum absolute atomic E-state index is 0.134. The van der Waals surface area contributed by atoms with Crippen molar-refractivity contribution in [3.8, 4) is 11.6 Å². The van der Waals surface area contributed by atoms with Crippen LogP contribution in [0.2, 0.25) is 0 Å². The molecule has 106 valence electrons. The maximum absolute atomic E-state index is 13.6. The summed E-state index contributed by atoms with van der Waals surface area (Å²) in [6, 6.07) is 3.88. The standard InChI is InChI=1S/C13H12BrF2N3O/c1-2-3-17-11-6-12(19-7-18-11)20-10-5-8(14)4-9(15)13(10)16/h4-7H,2-3H2,1H3,(H,17,18,19). The number of nitrogens with one attached hydrogen (secondary N) is 1. The van der Waals surface area contributed by atoms with Crippen LogP contribution in [-0.4, -0.2) is 16.5 Å². The van der Waals surface area contributed by atoms with E-state index in [-0.39, 0.29) is 11.6 Å². The van der Waals surface area contributed by atoms with E-state index in [4.69, 9.17) is 4.74 Å². The van der Waals surface area contributed by atoms with Gasteiger partial charge in [0.05, 0.1) is 0 Å². The fraction of sp³-hybridized carbons (Fsp3) is 0.231. The second-order valence-corrected chi connectivity index (χ2v) is 4.89. The van der Waals surface area contributed by atoms with Crippen LogP contribution in [0.5, 0.6) is 11.6 Å². The SMILES string of the molecule is CCCNc1cc(Oc2cc(Br)cc(F)c2F)ncn1. The van der Waals surface area contributed by atoms with Gasteiger partial charge >= 0.3 is 0 Å². The molecular formula is C13H12BrF2N3O. The van der Waals surface area contributed by atoms with Crippen LogP contribution in [-0.2, 0) is 0 Å². The van der Waals surface area contributed by atoms with E-state index in [1.165, 1.54) is 18.5 Å². The number of anilines is 1. The molecule has 0 aliphatic carbocycles. The number of hydrogen-bond donors (Lipinski definition) is 1. The number of aromatic nitrogens is 2. The van der Waals surface area contributed by atoms with Crippen molar-refractivity contribution in [1.82, 2.24) is 9.97 Å². The molecule has 20 heavy (non-hydrogen) atoms. The summed E-state index contributed by atoms with van der Waals surface area (Å²) >= 11 is 3.08. The van der Waals surface area contributed by atoms with Crippen LogP contribution in [0.4, 0.5) is 14.6 Å². The van der Waals surface area contributed by atoms with E-state index in [9.17, 15) is 8.78 Å². The highest BCUT2D eigenvalue weighted by molar-refractivity contribution is 9.10. The molecule has 0 saturated heterocycles. The largest absolute Gasteiger partial charge is 0.436 e. The molecule has 0 amide bonds. The van der Waals surface area contributed by atoms with Crippen LogP contribution >= 0.6 is 15.9 Å². The number of rotatable bonds is 5. The zero-order valence-corrected chi connectivity index (χ0v) is 12.2. The van der Waals surface area contributed by atoms with Gasteiger partial charge in [-0.2, -0.15) is 4.39 Å². The summed E-state index contributed by atoms with van der Waals surface area (Å²) in [5.74, 6) is -1.60. The molecule has 7 heteroatoms. The third-order valence-corrected chi connectivity index (χ3v) is 2.83. The first-order valence-electron chi connectivity index (χ1n) is 5.98. The minimum Gasteiger partial charge on any atom is -0.436 e. The fourth-order valence-electron chi connectivity index (χ4n) is 1.46. The summed E-state index contributed by atoms with van der Waals surface area (Å²) < 4.78 is 32.5. The summed E-state index contributed by atoms with van der Waals surface area (Å²) in [5.41, 5.74) is 0. The van der Waals surface area contributed by atoms with Crippen molar-refractivity contribution in [2.75, 3.05) is 11.9 Å². The van der Waals surface area contributed by atoms with Gasteiger partial charge in [0, 0.05) is 17.1 Å². The van der Waals surface area contributed by atoms with Crippen LogP contribution in [0.25, 0.3) is 0 Å². The summed E-state index contributed by atoms with van der Waals surface area (Å²) in [6.07, 6.45) is 2.23. The van der Waals surface area contributed by atoms with Gasteiger partial charge in [-0.3, -0.25) is 0 Å². The Kier molecular flexibility index (Phi) is 4.84. The van der Waals surface area contributed by atoms with Gasteiger partial charge in [-0.15, -0.1) is 0 Å². The third-order valence-electron chi connectivity index (χ3n) is 2.37. The second kappa shape index (κ2) is 6.60. The summed E-state index contributed by atoms with van der Waals surface area (Å²) in [7, 11) is 0. The van der Waals surface area contributed by atoms with Gasteiger partial charge in [-0.25, -0.2) is 14.4 Å². The molecule has 0 unspecified atom stereocenters. The van der Waals surface area contributed by atoms with Gasteiger partial charge in [0.2, 0.25) is 11.7 Å². The van der Waals surface area contributed by atoms with Crippen molar-refractivity contribution < 1.29 is 13.5 Å². The average molecular weight is 344 g/mol. The highest BCUT2D eigenvalue weighted by atomic mass is 79.9. The lowest BCUT2D eigenvalue weighted by Gasteiger charge is -2.08. The van der Waals surface area contributed by atoms with E-state index >= 15 is 0 Å². The van der Waals surface area contributed by atoms with E-state index in [1.807, 2.05) is 6.92 Å². The van der Waals surface area contributed by atoms with Gasteiger partial charge in [0.15, 0.2) is 11.6 Å². The van der Waals surface area contributed by atoms with Gasteiger partial charge in [0.25, 0.3) is 0 Å². The second-order valence-electron chi connectivity index (χ2n) is 3.97. The minimum atomic E-state index is -1.06. The number of benzene rings is 1. The first-order chi connectivity index (χ1) is 9.60. The zero-order chi connectivity index (χ0) is 14.5. The third kappa shape index (κ3) is 3.63. The zero-order valence-electron chi connectivity index (χ0n) is 10.7. The lowest BCUT2D eigenvalue weighted by molar-refractivity contribution is 0.404. The number of nitrogens with zero attached hydrogens (tertiary/aromatic N) is 2. The Morgan fingerprint density at radius 3 is 2.80 bits per heavy atom. The molecule has 0 saturated carbocycles. The molecule has 2 rings (SSSR count). The first kappa shape index (κ1) is 14.6. The molecule has 1 aromatic heterocycles. The van der Waals surface area contributed by atoms with Crippen molar-refractivity contribution in [2.45, 2.75) is 13.3 Å². The molecule has 1 N–H and O–H groups in total. The van der Waals surface area contributed by atoms with E-state index in [2.05, 4.69) is 31.2 Å². The highest BCUT2D eigenvalue weighted by Gasteiger charge is 2.13. The van der Waals surface area contributed by atoms with E-state index in [1.54, 1.807) is 0 Å². The maximum Gasteiger partial charge on any atom is 0.224 e. The van der Waals surface area contributed by atoms with Crippen LogP contribution < -0.4 is 10.1 Å². The molecule has 2 aromatic rings. The molecular weight excluding hydrogens is 332 g/mol. The van der Waals surface area contributed by atoms with Crippen LogP contribution in [0, 0.1) is 11.6 Å². The van der Waals surface area contributed by atoms with Crippen molar-refractivity contribution in [3.63, 3.8) is 0 Å². The monoisotopic (exact) mass is 343 g/mol. The molecule has 0 radical (unpaired) electrons. The number of ether oxygens (including phenoxy) is 1. The molecule has 0 aliphatic heterocycles. The molecule has 0 spiro atoms. The fourth-order valence-corrected chi connectivity index (χ4v) is 1.87.